The molecule has 138 valence electrons. The third-order valence-corrected chi connectivity index (χ3v) is 4.33. The van der Waals surface area contributed by atoms with Gasteiger partial charge in [-0.2, -0.15) is 13.2 Å². The van der Waals surface area contributed by atoms with Gasteiger partial charge in [-0.1, -0.05) is 12.1 Å². The second-order valence-corrected chi connectivity index (χ2v) is 6.69. The monoisotopic (exact) mass is 374 g/mol. The fourth-order valence-corrected chi connectivity index (χ4v) is 2.89. The zero-order chi connectivity index (χ0) is 18.1. The van der Waals surface area contributed by atoms with Crippen molar-refractivity contribution in [2.75, 3.05) is 39.4 Å². The molecule has 4 nitrogen and oxygen atoms in total. The van der Waals surface area contributed by atoms with Crippen LogP contribution in [0.4, 0.5) is 13.2 Å². The van der Waals surface area contributed by atoms with Crippen molar-refractivity contribution in [3.8, 4) is 0 Å². The van der Waals surface area contributed by atoms with Crippen molar-refractivity contribution in [1.29, 1.82) is 0 Å². The third-order valence-electron chi connectivity index (χ3n) is 3.59. The minimum absolute atomic E-state index is 0.122. The van der Waals surface area contributed by atoms with E-state index in [4.69, 9.17) is 4.74 Å². The Morgan fingerprint density at radius 2 is 1.92 bits per heavy atom. The van der Waals surface area contributed by atoms with E-state index in [0.29, 0.717) is 12.1 Å². The Hall–Kier alpha value is -1.51. The minimum atomic E-state index is -4.29. The summed E-state index contributed by atoms with van der Waals surface area (Å²) < 4.78 is 42.0. The second kappa shape index (κ2) is 9.84. The van der Waals surface area contributed by atoms with Crippen molar-refractivity contribution >= 4 is 23.7 Å². The Bertz CT molecular complexity index is 570. The van der Waals surface area contributed by atoms with Crippen LogP contribution in [0.3, 0.4) is 0 Å². The Balaban J connectivity index is 1.67. The van der Waals surface area contributed by atoms with Gasteiger partial charge in [-0.25, -0.2) is 0 Å². The molecule has 0 aromatic heterocycles. The van der Waals surface area contributed by atoms with Crippen molar-refractivity contribution in [3.05, 3.63) is 35.9 Å². The fraction of sp³-hybridized carbons (Fsp3) is 0.471. The summed E-state index contributed by atoms with van der Waals surface area (Å²) in [5.41, 5.74) is -3.62. The molecule has 0 bridgehead atoms. The van der Waals surface area contributed by atoms with Crippen LogP contribution < -0.4 is 5.32 Å². The number of thioether (sulfide) groups is 1. The SMILES string of the molecule is O=C(/C=C/c1ccc(SC(F)(F)F)cc1)NCCCN1CCOCC1. The number of hydrogen-bond acceptors (Lipinski definition) is 4. The average Bonchev–Trinajstić information content (AvgIpc) is 2.58. The first-order valence-electron chi connectivity index (χ1n) is 8.04. The van der Waals surface area contributed by atoms with Crippen LogP contribution in [0, 0.1) is 0 Å². The summed E-state index contributed by atoms with van der Waals surface area (Å²) in [6.07, 6.45) is 3.84. The van der Waals surface area contributed by atoms with Gasteiger partial charge in [0.2, 0.25) is 5.91 Å². The number of nitrogens with one attached hydrogen (secondary N) is 1. The predicted molar refractivity (Wildman–Crippen MR) is 92.3 cm³/mol. The number of ether oxygens (including phenoxy) is 1. The molecule has 2 rings (SSSR count). The second-order valence-electron chi connectivity index (χ2n) is 5.55. The lowest BCUT2D eigenvalue weighted by Gasteiger charge is -2.26. The standard InChI is InChI=1S/C17H21F3N2O2S/c18-17(19,20)25-15-5-2-14(3-6-15)4-7-16(23)21-8-1-9-22-10-12-24-13-11-22/h2-7H,1,8-13H2,(H,21,23)/b7-4+. The van der Waals surface area contributed by atoms with Gasteiger partial charge < -0.3 is 10.1 Å². The molecule has 0 saturated carbocycles. The predicted octanol–water partition coefficient (Wildman–Crippen LogP) is 3.15. The normalized spacial score (nSPS) is 16.3. The van der Waals surface area contributed by atoms with Crippen LogP contribution in [0.1, 0.15) is 12.0 Å². The summed E-state index contributed by atoms with van der Waals surface area (Å²) in [5, 5.41) is 2.80. The van der Waals surface area contributed by atoms with Gasteiger partial charge >= 0.3 is 5.51 Å². The summed E-state index contributed by atoms with van der Waals surface area (Å²) in [6.45, 7) is 4.88. The van der Waals surface area contributed by atoms with E-state index in [1.54, 1.807) is 18.2 Å². The number of amides is 1. The topological polar surface area (TPSA) is 41.6 Å². The Morgan fingerprint density at radius 1 is 1.24 bits per heavy atom. The number of hydrogen-bond donors (Lipinski definition) is 1. The quantitative estimate of drug-likeness (QED) is 0.452. The van der Waals surface area contributed by atoms with Gasteiger partial charge in [0.1, 0.15) is 0 Å². The number of benzene rings is 1. The van der Waals surface area contributed by atoms with E-state index in [0.717, 1.165) is 39.3 Å². The average molecular weight is 374 g/mol. The largest absolute Gasteiger partial charge is 0.446 e. The lowest BCUT2D eigenvalue weighted by atomic mass is 10.2. The van der Waals surface area contributed by atoms with Gasteiger partial charge in [-0.3, -0.25) is 9.69 Å². The molecule has 0 spiro atoms. The van der Waals surface area contributed by atoms with E-state index in [1.807, 2.05) is 0 Å². The van der Waals surface area contributed by atoms with Crippen molar-refractivity contribution < 1.29 is 22.7 Å². The lowest BCUT2D eigenvalue weighted by molar-refractivity contribution is -0.116. The first-order chi connectivity index (χ1) is 11.9. The molecule has 1 amide bonds. The number of halogens is 3. The molecule has 1 aromatic rings. The van der Waals surface area contributed by atoms with Crippen LogP contribution in [0.5, 0.6) is 0 Å². The van der Waals surface area contributed by atoms with Crippen LogP contribution >= 0.6 is 11.8 Å². The smallest absolute Gasteiger partial charge is 0.379 e. The Labute approximate surface area is 149 Å². The molecule has 25 heavy (non-hydrogen) atoms. The molecule has 1 fully saturated rings. The molecule has 1 saturated heterocycles. The molecule has 0 unspecified atom stereocenters. The Kier molecular flexibility index (Phi) is 7.80. The molecule has 1 aromatic carbocycles. The maximum atomic E-state index is 12.2. The molecule has 1 N–H and O–H groups in total. The van der Waals surface area contributed by atoms with Crippen LogP contribution in [0.15, 0.2) is 35.2 Å². The van der Waals surface area contributed by atoms with E-state index in [9.17, 15) is 18.0 Å². The third kappa shape index (κ3) is 8.42. The molecular weight excluding hydrogens is 353 g/mol. The van der Waals surface area contributed by atoms with Gasteiger partial charge in [-0.15, -0.1) is 0 Å². The first-order valence-corrected chi connectivity index (χ1v) is 8.86. The Morgan fingerprint density at radius 3 is 2.56 bits per heavy atom. The highest BCUT2D eigenvalue weighted by Crippen LogP contribution is 2.36. The summed E-state index contributed by atoms with van der Waals surface area (Å²) >= 11 is -0.156. The zero-order valence-electron chi connectivity index (χ0n) is 13.7. The number of alkyl halides is 3. The zero-order valence-corrected chi connectivity index (χ0v) is 14.5. The maximum absolute atomic E-state index is 12.2. The summed E-state index contributed by atoms with van der Waals surface area (Å²) in [6, 6.07) is 5.88. The molecule has 0 aliphatic carbocycles. The number of rotatable bonds is 7. The van der Waals surface area contributed by atoms with E-state index in [2.05, 4.69) is 10.2 Å². The van der Waals surface area contributed by atoms with E-state index >= 15 is 0 Å². The van der Waals surface area contributed by atoms with E-state index < -0.39 is 5.51 Å². The van der Waals surface area contributed by atoms with Gasteiger partial charge in [0.15, 0.2) is 0 Å². The number of carbonyl (C=O) groups excluding carboxylic acids is 1. The van der Waals surface area contributed by atoms with Crippen molar-refractivity contribution in [2.45, 2.75) is 16.8 Å². The first kappa shape index (κ1) is 19.8. The van der Waals surface area contributed by atoms with Crippen molar-refractivity contribution in [2.24, 2.45) is 0 Å². The van der Waals surface area contributed by atoms with Crippen molar-refractivity contribution in [1.82, 2.24) is 10.2 Å². The molecular formula is C17H21F3N2O2S. The highest BCUT2D eigenvalue weighted by molar-refractivity contribution is 8.00. The van der Waals surface area contributed by atoms with Crippen LogP contribution in [0.2, 0.25) is 0 Å². The van der Waals surface area contributed by atoms with Crippen LogP contribution in [-0.2, 0) is 9.53 Å². The van der Waals surface area contributed by atoms with E-state index in [-0.39, 0.29) is 22.6 Å². The number of carbonyl (C=O) groups is 1. The molecule has 8 heteroatoms. The van der Waals surface area contributed by atoms with Crippen molar-refractivity contribution in [3.63, 3.8) is 0 Å². The lowest BCUT2D eigenvalue weighted by Crippen LogP contribution is -2.38. The molecule has 1 heterocycles. The number of morpholine rings is 1. The van der Waals surface area contributed by atoms with Gasteiger partial charge in [-0.05, 0) is 48.5 Å². The maximum Gasteiger partial charge on any atom is 0.446 e. The van der Waals surface area contributed by atoms with Gasteiger partial charge in [0.05, 0.1) is 13.2 Å². The summed E-state index contributed by atoms with van der Waals surface area (Å²) in [5.74, 6) is -0.212. The minimum Gasteiger partial charge on any atom is -0.379 e. The highest BCUT2D eigenvalue weighted by atomic mass is 32.2. The molecule has 1 aliphatic rings. The molecule has 0 atom stereocenters. The van der Waals surface area contributed by atoms with Crippen LogP contribution in [0.25, 0.3) is 6.08 Å². The van der Waals surface area contributed by atoms with Crippen LogP contribution in [-0.4, -0.2) is 55.7 Å². The summed E-state index contributed by atoms with van der Waals surface area (Å²) in [4.78, 5) is 14.2. The van der Waals surface area contributed by atoms with Gasteiger partial charge in [0.25, 0.3) is 0 Å². The highest BCUT2D eigenvalue weighted by Gasteiger charge is 2.28. The number of nitrogens with zero attached hydrogens (tertiary/aromatic N) is 1. The van der Waals surface area contributed by atoms with E-state index in [1.165, 1.54) is 18.2 Å². The summed E-state index contributed by atoms with van der Waals surface area (Å²) in [7, 11) is 0. The van der Waals surface area contributed by atoms with Gasteiger partial charge in [0, 0.05) is 30.6 Å². The fourth-order valence-electron chi connectivity index (χ4n) is 2.35. The molecule has 1 aliphatic heterocycles. The molecule has 0 radical (unpaired) electrons.